The van der Waals surface area contributed by atoms with Crippen molar-refractivity contribution in [2.45, 2.75) is 46.3 Å². The Kier molecular flexibility index (Phi) is 11.7. The van der Waals surface area contributed by atoms with Crippen molar-refractivity contribution in [2.75, 3.05) is 13.2 Å². The van der Waals surface area contributed by atoms with Crippen molar-refractivity contribution >= 4 is 17.2 Å². The van der Waals surface area contributed by atoms with E-state index in [2.05, 4.69) is 4.31 Å². The van der Waals surface area contributed by atoms with Crippen molar-refractivity contribution in [2.24, 2.45) is 5.41 Å². The number of rotatable bonds is 6. The minimum atomic E-state index is -2.61. The molecule has 0 spiro atoms. The summed E-state index contributed by atoms with van der Waals surface area (Å²) in [4.78, 5) is 31.3. The van der Waals surface area contributed by atoms with E-state index in [0.29, 0.717) is 0 Å². The third-order valence-electron chi connectivity index (χ3n) is 2.67. The van der Waals surface area contributed by atoms with Gasteiger partial charge in [0, 0.05) is 0 Å². The van der Waals surface area contributed by atoms with Crippen molar-refractivity contribution in [3.8, 4) is 0 Å². The van der Waals surface area contributed by atoms with Crippen LogP contribution in [0, 0.1) is 5.41 Å². The Morgan fingerprint density at radius 3 is 1.60 bits per heavy atom. The van der Waals surface area contributed by atoms with Gasteiger partial charge in [-0.3, -0.25) is 0 Å². The molecule has 0 aliphatic rings. The zero-order chi connectivity index (χ0) is 16.6. The summed E-state index contributed by atoms with van der Waals surface area (Å²) >= 11 is 0. The predicted molar refractivity (Wildman–Crippen MR) is 76.4 cm³/mol. The van der Waals surface area contributed by atoms with Gasteiger partial charge in [-0.1, -0.05) is 20.8 Å². The Morgan fingerprint density at radius 2 is 1.40 bits per heavy atom. The van der Waals surface area contributed by atoms with Crippen LogP contribution in [-0.2, 0) is 9.05 Å². The normalized spacial score (nSPS) is 16.6. The lowest BCUT2D eigenvalue weighted by molar-refractivity contribution is -0.121. The second-order valence-corrected chi connectivity index (χ2v) is 7.08. The van der Waals surface area contributed by atoms with Crippen molar-refractivity contribution in [1.29, 1.82) is 0 Å². The molecule has 0 rings (SSSR count). The van der Waals surface area contributed by atoms with Crippen LogP contribution >= 0.6 is 17.2 Å². The molecule has 6 N–H and O–H groups in total. The molecule has 0 heterocycles. The molecule has 0 saturated heterocycles. The van der Waals surface area contributed by atoms with E-state index in [1.165, 1.54) is 0 Å². The first-order chi connectivity index (χ1) is 8.83. The minimum absolute atomic E-state index is 0.0137. The van der Waals surface area contributed by atoms with Gasteiger partial charge in [-0.25, -0.2) is 4.31 Å². The number of aliphatic hydroxyl groups excluding tert-OH is 1. The second-order valence-electron chi connectivity index (χ2n) is 5.42. The van der Waals surface area contributed by atoms with Crippen LogP contribution in [0.3, 0.4) is 0 Å². The maximum Gasteiger partial charge on any atom is 0.334 e. The van der Waals surface area contributed by atoms with Crippen molar-refractivity contribution in [1.82, 2.24) is 0 Å². The Bertz CT molecular complexity index is 236. The third kappa shape index (κ3) is 12.3. The maximum atomic E-state index is 9.99. The quantitative estimate of drug-likeness (QED) is 0.388. The van der Waals surface area contributed by atoms with E-state index in [9.17, 15) is 5.11 Å². The number of aliphatic hydroxyl groups is 2. The van der Waals surface area contributed by atoms with Crippen LogP contribution in [0.4, 0.5) is 0 Å². The lowest BCUT2D eigenvalue weighted by Crippen LogP contribution is -2.45. The molecule has 0 amide bonds. The van der Waals surface area contributed by atoms with E-state index >= 15 is 0 Å². The summed E-state index contributed by atoms with van der Waals surface area (Å²) in [7, 11) is -5.22. The molecule has 124 valence electrons. The third-order valence-corrected chi connectivity index (χ3v) is 3.84. The molecule has 20 heavy (non-hydrogen) atoms. The van der Waals surface area contributed by atoms with Crippen LogP contribution in [0.25, 0.3) is 0 Å². The van der Waals surface area contributed by atoms with Gasteiger partial charge in [0.25, 0.3) is 0 Å². The van der Waals surface area contributed by atoms with Crippen LogP contribution < -0.4 is 0 Å². The molecule has 0 aliphatic carbocycles. The molecule has 10 heteroatoms. The van der Waals surface area contributed by atoms with Gasteiger partial charge in [0.1, 0.15) is 0 Å². The average molecular weight is 336 g/mol. The van der Waals surface area contributed by atoms with Crippen LogP contribution in [-0.4, -0.2) is 54.7 Å². The second kappa shape index (κ2) is 10.3. The Balaban J connectivity index is 0. The monoisotopic (exact) mass is 336 g/mol. The summed E-state index contributed by atoms with van der Waals surface area (Å²) in [6.45, 7) is 9.63. The summed E-state index contributed by atoms with van der Waals surface area (Å²) in [5, 5.41) is 18.7. The molecule has 0 bridgehead atoms. The van der Waals surface area contributed by atoms with Gasteiger partial charge in [-0.2, -0.15) is 0 Å². The fourth-order valence-corrected chi connectivity index (χ4v) is 1.16. The molecule has 0 fully saturated rings. The van der Waals surface area contributed by atoms with Crippen molar-refractivity contribution in [3.63, 3.8) is 0 Å². The lowest BCUT2D eigenvalue weighted by atomic mass is 9.78. The number of hydrogen-bond acceptors (Lipinski definition) is 8. The molecule has 8 nitrogen and oxygen atoms in total. The van der Waals surface area contributed by atoms with Crippen LogP contribution in [0.15, 0.2) is 0 Å². The summed E-state index contributed by atoms with van der Waals surface area (Å²) in [5.74, 6) is 0. The average Bonchev–Trinajstić information content (AvgIpc) is 2.23. The highest BCUT2D eigenvalue weighted by Crippen LogP contribution is 2.41. The highest BCUT2D eigenvalue weighted by Gasteiger charge is 2.35. The van der Waals surface area contributed by atoms with Crippen molar-refractivity contribution < 1.29 is 38.8 Å². The van der Waals surface area contributed by atoms with E-state index in [1.807, 2.05) is 20.8 Å². The van der Waals surface area contributed by atoms with Crippen LogP contribution in [0.1, 0.15) is 34.6 Å². The molecule has 0 saturated carbocycles. The molecule has 2 atom stereocenters. The van der Waals surface area contributed by atoms with Gasteiger partial charge in [0.2, 0.25) is 0 Å². The molecule has 0 radical (unpaired) electrons. The zero-order valence-corrected chi connectivity index (χ0v) is 14.2. The van der Waals surface area contributed by atoms with E-state index in [-0.39, 0.29) is 24.7 Å². The van der Waals surface area contributed by atoms with Gasteiger partial charge >= 0.3 is 17.2 Å². The summed E-state index contributed by atoms with van der Waals surface area (Å²) in [5.41, 5.74) is -1.08. The topological polar surface area (TPSA) is 140 Å². The van der Waals surface area contributed by atoms with Crippen molar-refractivity contribution in [3.05, 3.63) is 0 Å². The van der Waals surface area contributed by atoms with Crippen LogP contribution in [0.2, 0.25) is 0 Å². The Morgan fingerprint density at radius 1 is 1.00 bits per heavy atom. The first-order valence-electron chi connectivity index (χ1n) is 5.82. The van der Waals surface area contributed by atoms with Gasteiger partial charge in [0.15, 0.2) is 0 Å². The smallest absolute Gasteiger partial charge is 0.334 e. The predicted octanol–water partition coefficient (Wildman–Crippen LogP) is 0.607. The molecular formula is C10H26O8P2. The SMILES string of the molecule is CC(CO)OCC(C)(O)C(C)(C)C.OP(O)OP(O)O. The molecule has 0 aromatic carbocycles. The zero-order valence-electron chi connectivity index (χ0n) is 12.4. The fourth-order valence-electron chi connectivity index (χ4n) is 0.639. The van der Waals surface area contributed by atoms with Gasteiger partial charge in [0.05, 0.1) is 24.9 Å². The van der Waals surface area contributed by atoms with Gasteiger partial charge in [-0.05, 0) is 19.3 Å². The maximum absolute atomic E-state index is 9.99. The van der Waals surface area contributed by atoms with E-state index in [1.54, 1.807) is 13.8 Å². The Hall–Kier alpha value is 0.540. The molecule has 0 aromatic heterocycles. The summed E-state index contributed by atoms with van der Waals surface area (Å²) < 4.78 is 8.88. The highest BCUT2D eigenvalue weighted by atomic mass is 31.2. The standard InChI is InChI=1S/C10H22O3.H4O5P2/c1-8(6-11)13-7-10(5,12)9(2,3)4;1-6(2)5-7(3)4/h8,11-12H,6-7H2,1-5H3;1-4H. The molecule has 2 unspecified atom stereocenters. The van der Waals surface area contributed by atoms with Gasteiger partial charge in [-0.15, -0.1) is 0 Å². The molecule has 0 aliphatic heterocycles. The summed E-state index contributed by atoms with van der Waals surface area (Å²) in [6.07, 6.45) is -0.214. The lowest BCUT2D eigenvalue weighted by Gasteiger charge is -2.37. The number of hydrogen-bond donors (Lipinski definition) is 6. The first kappa shape index (κ1) is 22.8. The number of ether oxygens (including phenoxy) is 1. The highest BCUT2D eigenvalue weighted by molar-refractivity contribution is 7.53. The van der Waals surface area contributed by atoms with E-state index < -0.39 is 22.8 Å². The Labute approximate surface area is 122 Å². The first-order valence-corrected chi connectivity index (χ1v) is 8.15. The fraction of sp³-hybridized carbons (Fsp3) is 1.00. The van der Waals surface area contributed by atoms with E-state index in [4.69, 9.17) is 29.4 Å². The van der Waals surface area contributed by atoms with Crippen LogP contribution in [0.5, 0.6) is 0 Å². The largest absolute Gasteiger partial charge is 0.394 e. The minimum Gasteiger partial charge on any atom is -0.394 e. The van der Waals surface area contributed by atoms with E-state index in [0.717, 1.165) is 0 Å². The molecule has 0 aromatic rings. The van der Waals surface area contributed by atoms with Gasteiger partial charge < -0.3 is 34.5 Å². The molecular weight excluding hydrogens is 310 g/mol. The summed E-state index contributed by atoms with van der Waals surface area (Å²) in [6, 6.07) is 0.